The molecule has 6 heteroatoms. The SMILES string of the molecule is CCc1ccccc1NC(=O)CN1CCN(C(=O)C(CC)(CC)CN)CC1. The van der Waals surface area contributed by atoms with Crippen LogP contribution in [-0.2, 0) is 16.0 Å². The first-order valence-electron chi connectivity index (χ1n) is 10.1. The summed E-state index contributed by atoms with van der Waals surface area (Å²) in [5.41, 5.74) is 7.50. The zero-order valence-corrected chi connectivity index (χ0v) is 17.0. The van der Waals surface area contributed by atoms with Crippen LogP contribution < -0.4 is 11.1 Å². The Bertz CT molecular complexity index is 627. The van der Waals surface area contributed by atoms with Crippen molar-refractivity contribution in [2.75, 3.05) is 44.6 Å². The number of nitrogens with two attached hydrogens (primary N) is 1. The highest BCUT2D eigenvalue weighted by Gasteiger charge is 2.37. The largest absolute Gasteiger partial charge is 0.340 e. The summed E-state index contributed by atoms with van der Waals surface area (Å²) < 4.78 is 0. The van der Waals surface area contributed by atoms with E-state index in [4.69, 9.17) is 5.73 Å². The maximum absolute atomic E-state index is 12.9. The van der Waals surface area contributed by atoms with E-state index in [9.17, 15) is 9.59 Å². The van der Waals surface area contributed by atoms with Crippen molar-refractivity contribution in [2.45, 2.75) is 40.0 Å². The molecule has 1 fully saturated rings. The van der Waals surface area contributed by atoms with Crippen LogP contribution in [-0.4, -0.2) is 60.9 Å². The van der Waals surface area contributed by atoms with Crippen LogP contribution in [0.3, 0.4) is 0 Å². The van der Waals surface area contributed by atoms with E-state index in [2.05, 4.69) is 17.1 Å². The summed E-state index contributed by atoms with van der Waals surface area (Å²) in [6.45, 7) is 9.60. The molecule has 1 aliphatic rings. The van der Waals surface area contributed by atoms with E-state index in [1.165, 1.54) is 0 Å². The second kappa shape index (κ2) is 9.85. The number of nitrogens with one attached hydrogen (secondary N) is 1. The number of hydrogen-bond acceptors (Lipinski definition) is 4. The fourth-order valence-electron chi connectivity index (χ4n) is 3.72. The Morgan fingerprint density at radius 2 is 1.70 bits per heavy atom. The lowest BCUT2D eigenvalue weighted by Gasteiger charge is -2.40. The second-order valence-electron chi connectivity index (χ2n) is 7.32. The molecule has 0 radical (unpaired) electrons. The predicted octanol–water partition coefficient (Wildman–Crippen LogP) is 2.10. The molecule has 1 aromatic carbocycles. The smallest absolute Gasteiger partial charge is 0.238 e. The van der Waals surface area contributed by atoms with Gasteiger partial charge in [0.05, 0.1) is 12.0 Å². The van der Waals surface area contributed by atoms with E-state index in [1.54, 1.807) is 0 Å². The maximum Gasteiger partial charge on any atom is 0.238 e. The number of carbonyl (C=O) groups excluding carboxylic acids is 2. The molecule has 0 aromatic heterocycles. The predicted molar refractivity (Wildman–Crippen MR) is 110 cm³/mol. The van der Waals surface area contributed by atoms with Gasteiger partial charge in [0, 0.05) is 38.4 Å². The Labute approximate surface area is 163 Å². The standard InChI is InChI=1S/C21H34N4O2/c1-4-17-9-7-8-10-18(17)23-19(26)15-24-11-13-25(14-12-24)20(27)21(5-2,6-3)16-22/h7-10H,4-6,11-16,22H2,1-3H3,(H,23,26). The van der Waals surface area contributed by atoms with Gasteiger partial charge in [-0.05, 0) is 30.9 Å². The van der Waals surface area contributed by atoms with Crippen molar-refractivity contribution in [3.63, 3.8) is 0 Å². The number of aryl methyl sites for hydroxylation is 1. The quantitative estimate of drug-likeness (QED) is 0.730. The van der Waals surface area contributed by atoms with E-state index in [-0.39, 0.29) is 11.8 Å². The molecule has 0 unspecified atom stereocenters. The van der Waals surface area contributed by atoms with Crippen molar-refractivity contribution in [1.82, 2.24) is 9.80 Å². The van der Waals surface area contributed by atoms with Crippen LogP contribution in [0.5, 0.6) is 0 Å². The topological polar surface area (TPSA) is 78.7 Å². The highest BCUT2D eigenvalue weighted by molar-refractivity contribution is 5.93. The van der Waals surface area contributed by atoms with Gasteiger partial charge in [-0.25, -0.2) is 0 Å². The van der Waals surface area contributed by atoms with Crippen molar-refractivity contribution in [2.24, 2.45) is 11.1 Å². The zero-order valence-electron chi connectivity index (χ0n) is 17.0. The first kappa shape index (κ1) is 21.4. The molecule has 0 saturated carbocycles. The molecule has 0 spiro atoms. The first-order valence-corrected chi connectivity index (χ1v) is 10.1. The molecule has 1 heterocycles. The molecule has 1 saturated heterocycles. The molecular weight excluding hydrogens is 340 g/mol. The summed E-state index contributed by atoms with van der Waals surface area (Å²) in [7, 11) is 0. The summed E-state index contributed by atoms with van der Waals surface area (Å²) in [4.78, 5) is 29.3. The molecule has 27 heavy (non-hydrogen) atoms. The van der Waals surface area contributed by atoms with Crippen molar-refractivity contribution >= 4 is 17.5 Å². The lowest BCUT2D eigenvalue weighted by molar-refractivity contribution is -0.144. The van der Waals surface area contributed by atoms with Gasteiger partial charge in [-0.1, -0.05) is 39.0 Å². The number of piperazine rings is 1. The minimum Gasteiger partial charge on any atom is -0.340 e. The monoisotopic (exact) mass is 374 g/mol. The van der Waals surface area contributed by atoms with Crippen LogP contribution in [0.4, 0.5) is 5.69 Å². The Hall–Kier alpha value is -1.92. The fraction of sp³-hybridized carbons (Fsp3) is 0.619. The lowest BCUT2D eigenvalue weighted by atomic mass is 9.81. The summed E-state index contributed by atoms with van der Waals surface area (Å²) in [5, 5.41) is 3.02. The molecule has 3 N–H and O–H groups in total. The van der Waals surface area contributed by atoms with Gasteiger partial charge in [0.15, 0.2) is 0 Å². The van der Waals surface area contributed by atoms with Gasteiger partial charge in [-0.15, -0.1) is 0 Å². The van der Waals surface area contributed by atoms with Gasteiger partial charge in [0.1, 0.15) is 0 Å². The summed E-state index contributed by atoms with van der Waals surface area (Å²) in [6.07, 6.45) is 2.41. The van der Waals surface area contributed by atoms with Crippen LogP contribution in [0.2, 0.25) is 0 Å². The van der Waals surface area contributed by atoms with Crippen LogP contribution in [0, 0.1) is 5.41 Å². The van der Waals surface area contributed by atoms with E-state index in [0.717, 1.165) is 30.5 Å². The number of anilines is 1. The summed E-state index contributed by atoms with van der Waals surface area (Å²) in [5.74, 6) is 0.157. The maximum atomic E-state index is 12.9. The van der Waals surface area contributed by atoms with Crippen LogP contribution in [0.15, 0.2) is 24.3 Å². The summed E-state index contributed by atoms with van der Waals surface area (Å²) in [6, 6.07) is 7.89. The van der Waals surface area contributed by atoms with Gasteiger partial charge in [0.25, 0.3) is 0 Å². The zero-order chi connectivity index (χ0) is 19.9. The molecule has 150 valence electrons. The number of benzene rings is 1. The number of hydrogen-bond donors (Lipinski definition) is 2. The molecule has 2 rings (SSSR count). The normalized spacial score (nSPS) is 15.6. The van der Waals surface area contributed by atoms with Crippen LogP contribution in [0.25, 0.3) is 0 Å². The highest BCUT2D eigenvalue weighted by atomic mass is 16.2. The van der Waals surface area contributed by atoms with Gasteiger partial charge in [-0.2, -0.15) is 0 Å². The van der Waals surface area contributed by atoms with Gasteiger partial charge < -0.3 is 16.0 Å². The Balaban J connectivity index is 1.87. The molecule has 1 aromatic rings. The third kappa shape index (κ3) is 5.08. The average Bonchev–Trinajstić information content (AvgIpc) is 2.70. The molecule has 0 bridgehead atoms. The third-order valence-electron chi connectivity index (χ3n) is 5.90. The third-order valence-corrected chi connectivity index (χ3v) is 5.90. The van der Waals surface area contributed by atoms with Crippen molar-refractivity contribution in [1.29, 1.82) is 0 Å². The van der Waals surface area contributed by atoms with Gasteiger partial charge >= 0.3 is 0 Å². The average molecular weight is 375 g/mol. The van der Waals surface area contributed by atoms with Gasteiger partial charge in [-0.3, -0.25) is 14.5 Å². The van der Waals surface area contributed by atoms with Crippen molar-refractivity contribution in [3.05, 3.63) is 29.8 Å². The number of rotatable bonds is 8. The lowest BCUT2D eigenvalue weighted by Crippen LogP contribution is -2.55. The molecule has 0 aliphatic carbocycles. The van der Waals surface area contributed by atoms with Crippen molar-refractivity contribution in [3.8, 4) is 0 Å². The minimum atomic E-state index is -0.441. The number of amides is 2. The van der Waals surface area contributed by atoms with E-state index in [0.29, 0.717) is 39.3 Å². The van der Waals surface area contributed by atoms with Crippen molar-refractivity contribution < 1.29 is 9.59 Å². The summed E-state index contributed by atoms with van der Waals surface area (Å²) >= 11 is 0. The molecule has 6 nitrogen and oxygen atoms in total. The van der Waals surface area contributed by atoms with Crippen LogP contribution >= 0.6 is 0 Å². The highest BCUT2D eigenvalue weighted by Crippen LogP contribution is 2.28. The number of nitrogens with zero attached hydrogens (tertiary/aromatic N) is 2. The van der Waals surface area contributed by atoms with Gasteiger partial charge in [0.2, 0.25) is 11.8 Å². The number of para-hydroxylation sites is 1. The molecule has 0 atom stereocenters. The fourth-order valence-corrected chi connectivity index (χ4v) is 3.72. The molecule has 2 amide bonds. The van der Waals surface area contributed by atoms with E-state index < -0.39 is 5.41 Å². The Morgan fingerprint density at radius 1 is 1.07 bits per heavy atom. The van der Waals surface area contributed by atoms with Crippen LogP contribution in [0.1, 0.15) is 39.2 Å². The first-order chi connectivity index (χ1) is 13.0. The van der Waals surface area contributed by atoms with E-state index in [1.807, 2.05) is 43.0 Å². The second-order valence-corrected chi connectivity index (χ2v) is 7.32. The Morgan fingerprint density at radius 3 is 2.26 bits per heavy atom. The Kier molecular flexibility index (Phi) is 7.80. The minimum absolute atomic E-state index is 0.00546. The van der Waals surface area contributed by atoms with E-state index >= 15 is 0 Å². The number of carbonyl (C=O) groups is 2. The molecule has 1 aliphatic heterocycles. The molecular formula is C21H34N4O2.